The Labute approximate surface area is 181 Å². The van der Waals surface area contributed by atoms with E-state index in [0.29, 0.717) is 18.7 Å². The maximum absolute atomic E-state index is 12.5. The highest BCUT2D eigenvalue weighted by molar-refractivity contribution is 6.01. The minimum Gasteiger partial charge on any atom is -0.497 e. The lowest BCUT2D eigenvalue weighted by molar-refractivity contribution is 0.0601. The van der Waals surface area contributed by atoms with E-state index in [2.05, 4.69) is 4.90 Å². The molecule has 0 saturated carbocycles. The Bertz CT molecular complexity index is 1060. The summed E-state index contributed by atoms with van der Waals surface area (Å²) < 4.78 is 16.5. The monoisotopic (exact) mass is 419 g/mol. The third-order valence-electron chi connectivity index (χ3n) is 5.40. The summed E-state index contributed by atoms with van der Waals surface area (Å²) in [4.78, 5) is 14.7. The van der Waals surface area contributed by atoms with Gasteiger partial charge in [0.05, 0.1) is 39.5 Å². The SMILES string of the molecule is COC(=O)c1cccc(N2CC(Oc3ccc(CO)cc3)C2)c1-c1cccc(OC)c1. The highest BCUT2D eigenvalue weighted by Crippen LogP contribution is 2.38. The van der Waals surface area contributed by atoms with Crippen LogP contribution in [-0.2, 0) is 11.3 Å². The van der Waals surface area contributed by atoms with Crippen LogP contribution >= 0.6 is 0 Å². The molecule has 1 N–H and O–H groups in total. The van der Waals surface area contributed by atoms with Crippen molar-refractivity contribution in [2.45, 2.75) is 12.7 Å². The van der Waals surface area contributed by atoms with E-state index < -0.39 is 0 Å². The van der Waals surface area contributed by atoms with Gasteiger partial charge in [0.2, 0.25) is 0 Å². The molecule has 0 radical (unpaired) electrons. The minimum atomic E-state index is -0.378. The van der Waals surface area contributed by atoms with E-state index in [1.807, 2.05) is 60.7 Å². The van der Waals surface area contributed by atoms with Gasteiger partial charge in [0.1, 0.15) is 17.6 Å². The van der Waals surface area contributed by atoms with Crippen LogP contribution in [0.3, 0.4) is 0 Å². The molecule has 0 aromatic heterocycles. The average molecular weight is 419 g/mol. The Morgan fingerprint density at radius 3 is 2.42 bits per heavy atom. The minimum absolute atomic E-state index is 0.0150. The number of hydrogen-bond donors (Lipinski definition) is 1. The van der Waals surface area contributed by atoms with Crippen molar-refractivity contribution < 1.29 is 24.1 Å². The first-order valence-corrected chi connectivity index (χ1v) is 10.1. The fourth-order valence-electron chi connectivity index (χ4n) is 3.74. The van der Waals surface area contributed by atoms with Crippen molar-refractivity contribution in [3.8, 4) is 22.6 Å². The Morgan fingerprint density at radius 1 is 1.00 bits per heavy atom. The molecule has 1 aliphatic rings. The summed E-state index contributed by atoms with van der Waals surface area (Å²) in [6.07, 6.45) is 0.0416. The fraction of sp³-hybridized carbons (Fsp3) is 0.240. The second kappa shape index (κ2) is 9.10. The molecule has 3 aromatic carbocycles. The molecule has 1 saturated heterocycles. The van der Waals surface area contributed by atoms with Crippen LogP contribution in [0.15, 0.2) is 66.7 Å². The van der Waals surface area contributed by atoms with Crippen LogP contribution in [0.4, 0.5) is 5.69 Å². The smallest absolute Gasteiger partial charge is 0.338 e. The molecule has 6 heteroatoms. The van der Waals surface area contributed by atoms with Gasteiger partial charge in [-0.05, 0) is 47.5 Å². The van der Waals surface area contributed by atoms with Crippen LogP contribution in [0, 0.1) is 0 Å². The molecular weight excluding hydrogens is 394 g/mol. The largest absolute Gasteiger partial charge is 0.497 e. The lowest BCUT2D eigenvalue weighted by Gasteiger charge is -2.42. The Hall–Kier alpha value is -3.51. The summed E-state index contributed by atoms with van der Waals surface area (Å²) in [6, 6.07) is 20.8. The van der Waals surface area contributed by atoms with Gasteiger partial charge in [-0.15, -0.1) is 0 Å². The zero-order valence-electron chi connectivity index (χ0n) is 17.6. The molecule has 6 nitrogen and oxygen atoms in total. The van der Waals surface area contributed by atoms with Crippen molar-refractivity contribution in [3.63, 3.8) is 0 Å². The van der Waals surface area contributed by atoms with Gasteiger partial charge in [-0.25, -0.2) is 4.79 Å². The molecule has 31 heavy (non-hydrogen) atoms. The summed E-state index contributed by atoms with van der Waals surface area (Å²) in [5.41, 5.74) is 4.02. The van der Waals surface area contributed by atoms with Crippen LogP contribution in [0.25, 0.3) is 11.1 Å². The third kappa shape index (κ3) is 4.34. The molecule has 1 heterocycles. The van der Waals surface area contributed by atoms with Crippen molar-refractivity contribution in [1.29, 1.82) is 0 Å². The predicted octanol–water partition coefficient (Wildman–Crippen LogP) is 3.91. The number of methoxy groups -OCH3 is 2. The second-order valence-corrected chi connectivity index (χ2v) is 7.37. The molecular formula is C25H25NO5. The van der Waals surface area contributed by atoms with E-state index in [-0.39, 0.29) is 18.7 Å². The summed E-state index contributed by atoms with van der Waals surface area (Å²) in [5, 5.41) is 9.17. The fourth-order valence-corrected chi connectivity index (χ4v) is 3.74. The zero-order chi connectivity index (χ0) is 21.8. The van der Waals surface area contributed by atoms with Gasteiger partial charge in [-0.3, -0.25) is 0 Å². The topological polar surface area (TPSA) is 68.2 Å². The summed E-state index contributed by atoms with van der Waals surface area (Å²) in [6.45, 7) is 1.41. The standard InChI is InChI=1S/C25H25NO5/c1-29-20-6-3-5-18(13-20)24-22(25(28)30-2)7-4-8-23(24)26-14-21(15-26)31-19-11-9-17(16-27)10-12-19/h3-13,21,27H,14-16H2,1-2H3. The molecule has 0 bridgehead atoms. The normalized spacial score (nSPS) is 13.5. The summed E-state index contributed by atoms with van der Waals surface area (Å²) in [7, 11) is 3.01. The van der Waals surface area contributed by atoms with Gasteiger partial charge >= 0.3 is 5.97 Å². The highest BCUT2D eigenvalue weighted by Gasteiger charge is 2.32. The zero-order valence-corrected chi connectivity index (χ0v) is 17.6. The number of anilines is 1. The van der Waals surface area contributed by atoms with Gasteiger partial charge < -0.3 is 24.2 Å². The van der Waals surface area contributed by atoms with Crippen LogP contribution in [-0.4, -0.2) is 44.5 Å². The second-order valence-electron chi connectivity index (χ2n) is 7.37. The first kappa shape index (κ1) is 20.8. The van der Waals surface area contributed by atoms with Gasteiger partial charge in [0.15, 0.2) is 0 Å². The maximum Gasteiger partial charge on any atom is 0.338 e. The van der Waals surface area contributed by atoms with Crippen molar-refractivity contribution in [2.75, 3.05) is 32.2 Å². The molecule has 3 aromatic rings. The van der Waals surface area contributed by atoms with E-state index >= 15 is 0 Å². The molecule has 160 valence electrons. The first-order valence-electron chi connectivity index (χ1n) is 10.1. The van der Waals surface area contributed by atoms with Gasteiger partial charge in [-0.2, -0.15) is 0 Å². The van der Waals surface area contributed by atoms with E-state index in [1.165, 1.54) is 7.11 Å². The number of rotatable bonds is 7. The molecule has 0 spiro atoms. The number of benzene rings is 3. The number of ether oxygens (including phenoxy) is 3. The maximum atomic E-state index is 12.5. The average Bonchev–Trinajstić information content (AvgIpc) is 2.80. The number of carbonyl (C=O) groups is 1. The van der Waals surface area contributed by atoms with Gasteiger partial charge in [0.25, 0.3) is 0 Å². The number of hydrogen-bond acceptors (Lipinski definition) is 6. The number of aliphatic hydroxyl groups excluding tert-OH is 1. The Morgan fingerprint density at radius 2 is 1.74 bits per heavy atom. The molecule has 0 atom stereocenters. The van der Waals surface area contributed by atoms with Crippen LogP contribution < -0.4 is 14.4 Å². The van der Waals surface area contributed by atoms with E-state index in [0.717, 1.165) is 33.9 Å². The molecule has 4 rings (SSSR count). The summed E-state index contributed by atoms with van der Waals surface area (Å²) in [5.74, 6) is 1.12. The number of carbonyl (C=O) groups excluding carboxylic acids is 1. The number of esters is 1. The third-order valence-corrected chi connectivity index (χ3v) is 5.40. The van der Waals surface area contributed by atoms with Crippen LogP contribution in [0.5, 0.6) is 11.5 Å². The quantitative estimate of drug-likeness (QED) is 0.586. The lowest BCUT2D eigenvalue weighted by atomic mass is 9.95. The van der Waals surface area contributed by atoms with Gasteiger partial charge in [0, 0.05) is 11.3 Å². The molecule has 0 aliphatic carbocycles. The summed E-state index contributed by atoms with van der Waals surface area (Å²) >= 11 is 0. The molecule has 0 amide bonds. The Balaban J connectivity index is 1.59. The number of nitrogens with zero attached hydrogens (tertiary/aromatic N) is 1. The predicted molar refractivity (Wildman–Crippen MR) is 119 cm³/mol. The molecule has 0 unspecified atom stereocenters. The van der Waals surface area contributed by atoms with Crippen molar-refractivity contribution in [1.82, 2.24) is 0 Å². The van der Waals surface area contributed by atoms with Crippen molar-refractivity contribution >= 4 is 11.7 Å². The highest BCUT2D eigenvalue weighted by atomic mass is 16.5. The van der Waals surface area contributed by atoms with Crippen molar-refractivity contribution in [2.24, 2.45) is 0 Å². The van der Waals surface area contributed by atoms with Gasteiger partial charge in [-0.1, -0.05) is 30.3 Å². The first-order chi connectivity index (χ1) is 15.1. The van der Waals surface area contributed by atoms with Crippen LogP contribution in [0.1, 0.15) is 15.9 Å². The van der Waals surface area contributed by atoms with E-state index in [1.54, 1.807) is 13.2 Å². The lowest BCUT2D eigenvalue weighted by Crippen LogP contribution is -2.54. The van der Waals surface area contributed by atoms with E-state index in [4.69, 9.17) is 14.2 Å². The molecule has 1 fully saturated rings. The number of aliphatic hydroxyl groups is 1. The van der Waals surface area contributed by atoms with Crippen molar-refractivity contribution in [3.05, 3.63) is 77.9 Å². The van der Waals surface area contributed by atoms with Crippen LogP contribution in [0.2, 0.25) is 0 Å². The molecule has 1 aliphatic heterocycles. The van der Waals surface area contributed by atoms with E-state index in [9.17, 15) is 9.90 Å². The Kier molecular flexibility index (Phi) is 6.09.